The number of anilines is 1. The molecule has 0 saturated heterocycles. The highest BCUT2D eigenvalue weighted by atomic mass is 16.5. The summed E-state index contributed by atoms with van der Waals surface area (Å²) in [5, 5.41) is 5.21. The summed E-state index contributed by atoms with van der Waals surface area (Å²) in [4.78, 5) is 12.8. The first-order chi connectivity index (χ1) is 11.3. The SMILES string of the molecule is CCOc1ccccc1NC(=O)[C@@H]([NH2+]C1CC1)c1ccccc1. The number of hydrogen-bond donors (Lipinski definition) is 2. The number of quaternary nitrogens is 1. The molecule has 1 aliphatic rings. The molecule has 4 heteroatoms. The van der Waals surface area contributed by atoms with Gasteiger partial charge in [0.15, 0.2) is 6.04 Å². The molecule has 1 saturated carbocycles. The highest BCUT2D eigenvalue weighted by Crippen LogP contribution is 2.25. The van der Waals surface area contributed by atoms with E-state index < -0.39 is 0 Å². The molecule has 1 fully saturated rings. The average Bonchev–Trinajstić information content (AvgIpc) is 3.39. The van der Waals surface area contributed by atoms with Crippen LogP contribution in [0.1, 0.15) is 31.4 Å². The van der Waals surface area contributed by atoms with Crippen molar-refractivity contribution in [2.75, 3.05) is 11.9 Å². The molecule has 4 nitrogen and oxygen atoms in total. The van der Waals surface area contributed by atoms with Crippen molar-refractivity contribution in [1.82, 2.24) is 0 Å². The van der Waals surface area contributed by atoms with E-state index in [9.17, 15) is 4.79 Å². The lowest BCUT2D eigenvalue weighted by Gasteiger charge is -2.17. The van der Waals surface area contributed by atoms with Crippen LogP contribution in [0.3, 0.4) is 0 Å². The Morgan fingerprint density at radius 1 is 1.17 bits per heavy atom. The number of ether oxygens (including phenoxy) is 1. The predicted molar refractivity (Wildman–Crippen MR) is 90.4 cm³/mol. The van der Waals surface area contributed by atoms with Crippen molar-refractivity contribution in [3.63, 3.8) is 0 Å². The van der Waals surface area contributed by atoms with E-state index in [1.807, 2.05) is 61.5 Å². The topological polar surface area (TPSA) is 54.9 Å². The van der Waals surface area contributed by atoms with E-state index in [4.69, 9.17) is 4.74 Å². The van der Waals surface area contributed by atoms with Crippen molar-refractivity contribution < 1.29 is 14.8 Å². The van der Waals surface area contributed by atoms with Crippen LogP contribution in [0.25, 0.3) is 0 Å². The zero-order valence-electron chi connectivity index (χ0n) is 13.4. The van der Waals surface area contributed by atoms with Gasteiger partial charge < -0.3 is 15.4 Å². The van der Waals surface area contributed by atoms with Crippen molar-refractivity contribution in [2.24, 2.45) is 0 Å². The van der Waals surface area contributed by atoms with E-state index in [2.05, 4.69) is 10.6 Å². The maximum atomic E-state index is 12.8. The Morgan fingerprint density at radius 3 is 2.57 bits per heavy atom. The zero-order valence-corrected chi connectivity index (χ0v) is 13.4. The van der Waals surface area contributed by atoms with Crippen molar-refractivity contribution >= 4 is 11.6 Å². The number of carbonyl (C=O) groups excluding carboxylic acids is 1. The van der Waals surface area contributed by atoms with Gasteiger partial charge in [0.05, 0.1) is 18.3 Å². The van der Waals surface area contributed by atoms with Crippen LogP contribution in [0.15, 0.2) is 54.6 Å². The normalized spacial score (nSPS) is 15.0. The molecule has 3 N–H and O–H groups in total. The van der Waals surface area contributed by atoms with Gasteiger partial charge in [0.1, 0.15) is 5.75 Å². The van der Waals surface area contributed by atoms with Crippen LogP contribution in [0.2, 0.25) is 0 Å². The van der Waals surface area contributed by atoms with Gasteiger partial charge >= 0.3 is 0 Å². The summed E-state index contributed by atoms with van der Waals surface area (Å²) in [5.41, 5.74) is 1.76. The van der Waals surface area contributed by atoms with E-state index >= 15 is 0 Å². The Hall–Kier alpha value is -2.33. The molecule has 3 rings (SSSR count). The summed E-state index contributed by atoms with van der Waals surface area (Å²) in [5.74, 6) is 0.705. The molecule has 0 radical (unpaired) electrons. The fourth-order valence-corrected chi connectivity index (χ4v) is 2.63. The van der Waals surface area contributed by atoms with Gasteiger partial charge in [0.25, 0.3) is 5.91 Å². The van der Waals surface area contributed by atoms with E-state index in [0.717, 1.165) is 11.3 Å². The molecule has 0 spiro atoms. The van der Waals surface area contributed by atoms with Crippen LogP contribution < -0.4 is 15.4 Å². The first-order valence-corrected chi connectivity index (χ1v) is 8.20. The zero-order chi connectivity index (χ0) is 16.1. The van der Waals surface area contributed by atoms with Crippen molar-refractivity contribution in [3.05, 3.63) is 60.2 Å². The first kappa shape index (κ1) is 15.6. The van der Waals surface area contributed by atoms with Crippen molar-refractivity contribution in [3.8, 4) is 5.75 Å². The molecule has 0 bridgehead atoms. The summed E-state index contributed by atoms with van der Waals surface area (Å²) in [6.45, 7) is 2.51. The van der Waals surface area contributed by atoms with Crippen LogP contribution in [0.4, 0.5) is 5.69 Å². The number of carbonyl (C=O) groups is 1. The molecule has 120 valence electrons. The molecular weight excluding hydrogens is 288 g/mol. The van der Waals surface area contributed by atoms with Crippen molar-refractivity contribution in [2.45, 2.75) is 31.8 Å². The molecule has 23 heavy (non-hydrogen) atoms. The highest BCUT2D eigenvalue weighted by molar-refractivity contribution is 5.95. The van der Waals surface area contributed by atoms with Gasteiger partial charge in [-0.15, -0.1) is 0 Å². The number of nitrogens with two attached hydrogens (primary N) is 1. The standard InChI is InChI=1S/C19H22N2O2/c1-2-23-17-11-7-6-10-16(17)21-19(22)18(20-15-12-13-15)14-8-4-3-5-9-14/h3-11,15,18,20H,2,12-13H2,1H3,(H,21,22)/p+1/t18-/m0/s1. The molecule has 1 atom stereocenters. The minimum atomic E-state index is -0.224. The third-order valence-electron chi connectivity index (χ3n) is 3.97. The monoisotopic (exact) mass is 311 g/mol. The lowest BCUT2D eigenvalue weighted by atomic mass is 10.1. The Balaban J connectivity index is 1.78. The molecule has 2 aromatic carbocycles. The Morgan fingerprint density at radius 2 is 1.87 bits per heavy atom. The minimum absolute atomic E-state index is 0.00440. The van der Waals surface area contributed by atoms with Crippen LogP contribution >= 0.6 is 0 Å². The predicted octanol–water partition coefficient (Wildman–Crippen LogP) is 2.49. The smallest absolute Gasteiger partial charge is 0.287 e. The molecule has 0 heterocycles. The van der Waals surface area contributed by atoms with Crippen LogP contribution in [0.5, 0.6) is 5.75 Å². The van der Waals surface area contributed by atoms with E-state index in [-0.39, 0.29) is 11.9 Å². The molecule has 0 aliphatic heterocycles. The third-order valence-corrected chi connectivity index (χ3v) is 3.97. The second kappa shape index (κ2) is 7.29. The summed E-state index contributed by atoms with van der Waals surface area (Å²) in [6, 6.07) is 17.9. The van der Waals surface area contributed by atoms with Gasteiger partial charge in [0.2, 0.25) is 0 Å². The number of nitrogens with one attached hydrogen (secondary N) is 1. The maximum absolute atomic E-state index is 12.8. The molecular formula is C19H23N2O2+. The maximum Gasteiger partial charge on any atom is 0.287 e. The minimum Gasteiger partial charge on any atom is -0.492 e. The Kier molecular flexibility index (Phi) is 4.93. The quantitative estimate of drug-likeness (QED) is 0.825. The van der Waals surface area contributed by atoms with Gasteiger partial charge in [-0.2, -0.15) is 0 Å². The Bertz CT molecular complexity index is 653. The number of hydrogen-bond acceptors (Lipinski definition) is 2. The van der Waals surface area contributed by atoms with E-state index in [1.54, 1.807) is 0 Å². The van der Waals surface area contributed by atoms with Gasteiger partial charge in [-0.25, -0.2) is 0 Å². The lowest BCUT2D eigenvalue weighted by molar-refractivity contribution is -0.695. The number of benzene rings is 2. The van der Waals surface area contributed by atoms with E-state index in [1.165, 1.54) is 12.8 Å². The number of amides is 1. The number of rotatable bonds is 7. The largest absolute Gasteiger partial charge is 0.492 e. The second-order valence-corrected chi connectivity index (χ2v) is 5.84. The fraction of sp³-hybridized carbons (Fsp3) is 0.316. The van der Waals surface area contributed by atoms with Crippen LogP contribution in [-0.2, 0) is 4.79 Å². The highest BCUT2D eigenvalue weighted by Gasteiger charge is 2.34. The number of para-hydroxylation sites is 2. The molecule has 2 aromatic rings. The summed E-state index contributed by atoms with van der Waals surface area (Å²) in [6.07, 6.45) is 2.37. The first-order valence-electron chi connectivity index (χ1n) is 8.20. The van der Waals surface area contributed by atoms with Crippen LogP contribution in [-0.4, -0.2) is 18.6 Å². The Labute approximate surface area is 136 Å². The molecule has 0 unspecified atom stereocenters. The lowest BCUT2D eigenvalue weighted by Crippen LogP contribution is -2.88. The fourth-order valence-electron chi connectivity index (χ4n) is 2.63. The van der Waals surface area contributed by atoms with E-state index in [0.29, 0.717) is 18.4 Å². The molecule has 0 aromatic heterocycles. The van der Waals surface area contributed by atoms with Crippen molar-refractivity contribution in [1.29, 1.82) is 0 Å². The summed E-state index contributed by atoms with van der Waals surface area (Å²) >= 11 is 0. The van der Waals surface area contributed by atoms with Gasteiger partial charge in [-0.05, 0) is 19.1 Å². The molecule has 1 amide bonds. The summed E-state index contributed by atoms with van der Waals surface area (Å²) in [7, 11) is 0. The molecule has 1 aliphatic carbocycles. The average molecular weight is 311 g/mol. The second-order valence-electron chi connectivity index (χ2n) is 5.84. The third kappa shape index (κ3) is 4.11. The summed E-state index contributed by atoms with van der Waals surface area (Å²) < 4.78 is 5.59. The van der Waals surface area contributed by atoms with Gasteiger partial charge in [-0.3, -0.25) is 4.79 Å². The van der Waals surface area contributed by atoms with Gasteiger partial charge in [-0.1, -0.05) is 42.5 Å². The van der Waals surface area contributed by atoms with Gasteiger partial charge in [0, 0.05) is 18.4 Å². The van der Waals surface area contributed by atoms with Crippen LogP contribution in [0, 0.1) is 0 Å².